The van der Waals surface area contributed by atoms with Crippen LogP contribution in [0.15, 0.2) is 42.7 Å². The van der Waals surface area contributed by atoms with Crippen LogP contribution < -0.4 is 10.5 Å². The fourth-order valence-electron chi connectivity index (χ4n) is 2.00. The molecule has 0 saturated heterocycles. The number of rotatable bonds is 6. The molecular formula is C16H20N2O. The Bertz CT molecular complexity index is 511. The van der Waals surface area contributed by atoms with Crippen molar-refractivity contribution >= 4 is 0 Å². The molecule has 0 atom stereocenters. The molecular weight excluding hydrogens is 236 g/mol. The molecule has 0 amide bonds. The van der Waals surface area contributed by atoms with Gasteiger partial charge in [0.15, 0.2) is 0 Å². The van der Waals surface area contributed by atoms with Crippen molar-refractivity contribution in [2.24, 2.45) is 5.73 Å². The molecule has 2 N–H and O–H groups in total. The molecule has 0 unspecified atom stereocenters. The van der Waals surface area contributed by atoms with Crippen molar-refractivity contribution in [1.82, 2.24) is 4.98 Å². The van der Waals surface area contributed by atoms with Crippen LogP contribution in [0.2, 0.25) is 0 Å². The number of nitrogens with two attached hydrogens (primary N) is 1. The molecule has 100 valence electrons. The van der Waals surface area contributed by atoms with Crippen molar-refractivity contribution in [2.45, 2.75) is 26.3 Å². The second kappa shape index (κ2) is 6.90. The quantitative estimate of drug-likeness (QED) is 0.808. The Morgan fingerprint density at radius 1 is 1.16 bits per heavy atom. The van der Waals surface area contributed by atoms with E-state index in [0.29, 0.717) is 6.54 Å². The maximum atomic E-state index is 5.75. The third kappa shape index (κ3) is 4.07. The molecule has 1 aromatic carbocycles. The summed E-state index contributed by atoms with van der Waals surface area (Å²) < 4.78 is 5.75. The highest BCUT2D eigenvalue weighted by Crippen LogP contribution is 2.17. The lowest BCUT2D eigenvalue weighted by Gasteiger charge is -2.09. The first-order valence-electron chi connectivity index (χ1n) is 6.61. The number of aromatic nitrogens is 1. The van der Waals surface area contributed by atoms with Gasteiger partial charge in [-0.2, -0.15) is 0 Å². The largest absolute Gasteiger partial charge is 0.494 e. The van der Waals surface area contributed by atoms with Gasteiger partial charge in [0, 0.05) is 18.9 Å². The van der Waals surface area contributed by atoms with Crippen LogP contribution in [0.1, 0.15) is 23.1 Å². The molecule has 0 bridgehead atoms. The summed E-state index contributed by atoms with van der Waals surface area (Å²) >= 11 is 0. The molecule has 0 radical (unpaired) electrons. The van der Waals surface area contributed by atoms with Gasteiger partial charge in [-0.15, -0.1) is 0 Å². The van der Waals surface area contributed by atoms with Gasteiger partial charge in [0.2, 0.25) is 0 Å². The Kier molecular flexibility index (Phi) is 4.93. The third-order valence-electron chi connectivity index (χ3n) is 3.16. The third-order valence-corrected chi connectivity index (χ3v) is 3.16. The Balaban J connectivity index is 1.78. The number of hydrogen-bond donors (Lipinski definition) is 1. The zero-order valence-electron chi connectivity index (χ0n) is 11.3. The summed E-state index contributed by atoms with van der Waals surface area (Å²) in [4.78, 5) is 4.01. The first-order chi connectivity index (χ1) is 9.29. The van der Waals surface area contributed by atoms with E-state index in [1.807, 2.05) is 36.7 Å². The molecule has 3 heteroatoms. The molecule has 0 spiro atoms. The molecule has 1 aromatic heterocycles. The van der Waals surface area contributed by atoms with Crippen molar-refractivity contribution in [1.29, 1.82) is 0 Å². The minimum atomic E-state index is 0.578. The van der Waals surface area contributed by atoms with Gasteiger partial charge < -0.3 is 10.5 Å². The molecule has 2 rings (SSSR count). The van der Waals surface area contributed by atoms with Gasteiger partial charge in [-0.25, -0.2) is 0 Å². The highest BCUT2D eigenvalue weighted by atomic mass is 16.5. The molecule has 2 aromatic rings. The number of nitrogens with zero attached hydrogens (tertiary/aromatic N) is 1. The number of ether oxygens (including phenoxy) is 1. The number of benzene rings is 1. The summed E-state index contributed by atoms with van der Waals surface area (Å²) in [5.74, 6) is 0.921. The average molecular weight is 256 g/mol. The summed E-state index contributed by atoms with van der Waals surface area (Å²) in [7, 11) is 0. The Hall–Kier alpha value is -1.87. The zero-order valence-corrected chi connectivity index (χ0v) is 11.3. The lowest BCUT2D eigenvalue weighted by molar-refractivity contribution is 0.310. The van der Waals surface area contributed by atoms with Gasteiger partial charge in [0.05, 0.1) is 6.61 Å². The molecule has 0 aliphatic carbocycles. The van der Waals surface area contributed by atoms with E-state index >= 15 is 0 Å². The first kappa shape index (κ1) is 13.6. The van der Waals surface area contributed by atoms with E-state index in [4.69, 9.17) is 10.5 Å². The summed E-state index contributed by atoms with van der Waals surface area (Å²) in [6, 6.07) is 10.2. The monoisotopic (exact) mass is 256 g/mol. The summed E-state index contributed by atoms with van der Waals surface area (Å²) in [5.41, 5.74) is 9.30. The van der Waals surface area contributed by atoms with Crippen molar-refractivity contribution in [3.8, 4) is 5.75 Å². The number of hydrogen-bond acceptors (Lipinski definition) is 3. The van der Waals surface area contributed by atoms with E-state index in [-0.39, 0.29) is 0 Å². The Morgan fingerprint density at radius 3 is 2.63 bits per heavy atom. The maximum absolute atomic E-state index is 5.75. The van der Waals surface area contributed by atoms with Crippen LogP contribution in [-0.4, -0.2) is 11.6 Å². The smallest absolute Gasteiger partial charge is 0.119 e. The molecule has 19 heavy (non-hydrogen) atoms. The number of pyridine rings is 1. The second-order valence-corrected chi connectivity index (χ2v) is 4.60. The van der Waals surface area contributed by atoms with Crippen molar-refractivity contribution in [3.63, 3.8) is 0 Å². The lowest BCUT2D eigenvalue weighted by Crippen LogP contribution is -2.02. The maximum Gasteiger partial charge on any atom is 0.119 e. The van der Waals surface area contributed by atoms with Crippen LogP contribution in [-0.2, 0) is 13.0 Å². The first-order valence-corrected chi connectivity index (χ1v) is 6.61. The Morgan fingerprint density at radius 2 is 1.95 bits per heavy atom. The summed E-state index contributed by atoms with van der Waals surface area (Å²) in [6.07, 6.45) is 5.67. The Labute approximate surface area is 114 Å². The van der Waals surface area contributed by atoms with Crippen molar-refractivity contribution in [3.05, 3.63) is 59.4 Å². The predicted molar refractivity (Wildman–Crippen MR) is 77.1 cm³/mol. The predicted octanol–water partition coefficient (Wildman–Crippen LogP) is 2.86. The van der Waals surface area contributed by atoms with E-state index in [2.05, 4.69) is 18.0 Å². The van der Waals surface area contributed by atoms with E-state index in [9.17, 15) is 0 Å². The van der Waals surface area contributed by atoms with Gasteiger partial charge in [-0.1, -0.05) is 6.07 Å². The molecule has 0 aliphatic heterocycles. The molecule has 0 fully saturated rings. The van der Waals surface area contributed by atoms with Crippen LogP contribution in [0.5, 0.6) is 5.75 Å². The highest BCUT2D eigenvalue weighted by Gasteiger charge is 1.99. The SMILES string of the molecule is Cc1cc(OCCCc2ccncc2)ccc1CN. The van der Waals surface area contributed by atoms with E-state index in [0.717, 1.165) is 25.2 Å². The highest BCUT2D eigenvalue weighted by molar-refractivity contribution is 5.34. The fraction of sp³-hybridized carbons (Fsp3) is 0.312. The van der Waals surface area contributed by atoms with Crippen molar-refractivity contribution < 1.29 is 4.74 Å². The van der Waals surface area contributed by atoms with E-state index < -0.39 is 0 Å². The van der Waals surface area contributed by atoms with Crippen LogP contribution in [0.4, 0.5) is 0 Å². The van der Waals surface area contributed by atoms with Crippen LogP contribution >= 0.6 is 0 Å². The van der Waals surface area contributed by atoms with Gasteiger partial charge in [0.1, 0.15) is 5.75 Å². The van der Waals surface area contributed by atoms with E-state index in [1.165, 1.54) is 16.7 Å². The van der Waals surface area contributed by atoms with Crippen molar-refractivity contribution in [2.75, 3.05) is 6.61 Å². The van der Waals surface area contributed by atoms with Gasteiger partial charge >= 0.3 is 0 Å². The number of aryl methyl sites for hydroxylation is 2. The van der Waals surface area contributed by atoms with Gasteiger partial charge in [0.25, 0.3) is 0 Å². The summed E-state index contributed by atoms with van der Waals surface area (Å²) in [6.45, 7) is 3.36. The molecule has 0 aliphatic rings. The molecule has 0 saturated carbocycles. The second-order valence-electron chi connectivity index (χ2n) is 4.60. The topological polar surface area (TPSA) is 48.1 Å². The zero-order chi connectivity index (χ0) is 13.5. The van der Waals surface area contributed by atoms with Crippen LogP contribution in [0, 0.1) is 6.92 Å². The van der Waals surface area contributed by atoms with Crippen LogP contribution in [0.3, 0.4) is 0 Å². The normalized spacial score (nSPS) is 10.4. The average Bonchev–Trinajstić information content (AvgIpc) is 2.45. The molecule has 1 heterocycles. The fourth-order valence-corrected chi connectivity index (χ4v) is 2.00. The standard InChI is InChI=1S/C16H20N2O/c1-13-11-16(5-4-15(13)12-17)19-10-2-3-14-6-8-18-9-7-14/h4-9,11H,2-3,10,12,17H2,1H3. The van der Waals surface area contributed by atoms with Gasteiger partial charge in [-0.3, -0.25) is 4.98 Å². The minimum absolute atomic E-state index is 0.578. The van der Waals surface area contributed by atoms with Gasteiger partial charge in [-0.05, 0) is 60.7 Å². The lowest BCUT2D eigenvalue weighted by atomic mass is 10.1. The van der Waals surface area contributed by atoms with E-state index in [1.54, 1.807) is 0 Å². The van der Waals surface area contributed by atoms with Crippen LogP contribution in [0.25, 0.3) is 0 Å². The molecule has 3 nitrogen and oxygen atoms in total. The minimum Gasteiger partial charge on any atom is -0.494 e. The summed E-state index contributed by atoms with van der Waals surface area (Å²) in [5, 5.41) is 0.